The zero-order valence-electron chi connectivity index (χ0n) is 12.0. The van der Waals surface area contributed by atoms with E-state index in [-0.39, 0.29) is 0 Å². The first-order valence-corrected chi connectivity index (χ1v) is 6.94. The van der Waals surface area contributed by atoms with Crippen LogP contribution in [-0.4, -0.2) is 6.29 Å². The number of hydrogen-bond acceptors (Lipinski definition) is 2. The molecule has 2 aromatic rings. The maximum absolute atomic E-state index is 11.0. The van der Waals surface area contributed by atoms with Gasteiger partial charge < -0.3 is 4.74 Å². The van der Waals surface area contributed by atoms with Crippen LogP contribution >= 0.6 is 0 Å². The summed E-state index contributed by atoms with van der Waals surface area (Å²) in [5.74, 6) is 1.48. The highest BCUT2D eigenvalue weighted by atomic mass is 16.5. The van der Waals surface area contributed by atoms with E-state index in [0.717, 1.165) is 24.0 Å². The number of carbonyl (C=O) groups is 1. The van der Waals surface area contributed by atoms with Gasteiger partial charge in [0.15, 0.2) is 0 Å². The third kappa shape index (κ3) is 3.95. The zero-order chi connectivity index (χ0) is 14.4. The molecule has 0 bridgehead atoms. The van der Waals surface area contributed by atoms with Crippen LogP contribution < -0.4 is 4.74 Å². The molecule has 0 fully saturated rings. The quantitative estimate of drug-likeness (QED) is 0.731. The van der Waals surface area contributed by atoms with E-state index >= 15 is 0 Å². The Morgan fingerprint density at radius 1 is 1.10 bits per heavy atom. The fourth-order valence-electron chi connectivity index (χ4n) is 2.18. The van der Waals surface area contributed by atoms with Crippen LogP contribution in [0.5, 0.6) is 5.75 Å². The Bertz CT molecular complexity index is 573. The van der Waals surface area contributed by atoms with E-state index in [4.69, 9.17) is 4.74 Å². The van der Waals surface area contributed by atoms with Gasteiger partial charge in [-0.25, -0.2) is 0 Å². The summed E-state index contributed by atoms with van der Waals surface area (Å²) in [5, 5.41) is 0. The van der Waals surface area contributed by atoms with Gasteiger partial charge in [0.1, 0.15) is 18.6 Å². The molecule has 0 saturated carbocycles. The molecule has 20 heavy (non-hydrogen) atoms. The first-order valence-electron chi connectivity index (χ1n) is 6.94. The molecule has 2 heteroatoms. The number of ether oxygens (including phenoxy) is 1. The third-order valence-electron chi connectivity index (χ3n) is 3.12. The van der Waals surface area contributed by atoms with Crippen molar-refractivity contribution >= 4 is 6.29 Å². The SMILES string of the molecule is CC(C)Cc1cccc(OCc2ccccc2C=O)c1. The lowest BCUT2D eigenvalue weighted by Gasteiger charge is -2.10. The zero-order valence-corrected chi connectivity index (χ0v) is 12.0. The van der Waals surface area contributed by atoms with Crippen LogP contribution in [0.1, 0.15) is 35.3 Å². The summed E-state index contributed by atoms with van der Waals surface area (Å²) in [6, 6.07) is 15.7. The third-order valence-corrected chi connectivity index (χ3v) is 3.12. The second-order valence-electron chi connectivity index (χ2n) is 5.35. The molecule has 0 aromatic heterocycles. The molecule has 0 atom stereocenters. The van der Waals surface area contributed by atoms with Gasteiger partial charge in [0.05, 0.1) is 0 Å². The molecule has 0 spiro atoms. The molecule has 2 nitrogen and oxygen atoms in total. The minimum Gasteiger partial charge on any atom is -0.489 e. The Labute approximate surface area is 120 Å². The first kappa shape index (κ1) is 14.3. The number of benzene rings is 2. The maximum atomic E-state index is 11.0. The van der Waals surface area contributed by atoms with Crippen LogP contribution in [-0.2, 0) is 13.0 Å². The summed E-state index contributed by atoms with van der Waals surface area (Å²) in [7, 11) is 0. The second-order valence-corrected chi connectivity index (χ2v) is 5.35. The Kier molecular flexibility index (Phi) is 4.94. The van der Waals surface area contributed by atoms with Gasteiger partial charge in [0.25, 0.3) is 0 Å². The molecule has 104 valence electrons. The van der Waals surface area contributed by atoms with E-state index in [1.54, 1.807) is 6.07 Å². The molecule has 0 heterocycles. The van der Waals surface area contributed by atoms with Crippen LogP contribution in [0.3, 0.4) is 0 Å². The van der Waals surface area contributed by atoms with Crippen molar-refractivity contribution in [3.63, 3.8) is 0 Å². The predicted molar refractivity (Wildman–Crippen MR) is 81.1 cm³/mol. The molecule has 0 aliphatic heterocycles. The lowest BCUT2D eigenvalue weighted by atomic mass is 10.0. The normalized spacial score (nSPS) is 10.6. The molecule has 0 amide bonds. The van der Waals surface area contributed by atoms with E-state index in [0.29, 0.717) is 18.1 Å². The minimum absolute atomic E-state index is 0.417. The smallest absolute Gasteiger partial charge is 0.150 e. The Hall–Kier alpha value is -2.09. The van der Waals surface area contributed by atoms with Gasteiger partial charge in [-0.3, -0.25) is 4.79 Å². The highest BCUT2D eigenvalue weighted by Gasteiger charge is 2.03. The number of hydrogen-bond donors (Lipinski definition) is 0. The van der Waals surface area contributed by atoms with E-state index in [2.05, 4.69) is 26.0 Å². The van der Waals surface area contributed by atoms with E-state index < -0.39 is 0 Å². The Morgan fingerprint density at radius 3 is 2.65 bits per heavy atom. The van der Waals surface area contributed by atoms with Crippen LogP contribution in [0.4, 0.5) is 0 Å². The Morgan fingerprint density at radius 2 is 1.90 bits per heavy atom. The van der Waals surface area contributed by atoms with Crippen LogP contribution in [0, 0.1) is 5.92 Å². The van der Waals surface area contributed by atoms with Gasteiger partial charge in [-0.05, 0) is 35.6 Å². The van der Waals surface area contributed by atoms with Gasteiger partial charge in [-0.1, -0.05) is 50.2 Å². The average Bonchev–Trinajstić information content (AvgIpc) is 2.45. The highest BCUT2D eigenvalue weighted by Crippen LogP contribution is 2.18. The molecule has 0 saturated heterocycles. The summed E-state index contributed by atoms with van der Waals surface area (Å²) in [5.41, 5.74) is 2.88. The van der Waals surface area contributed by atoms with Crippen molar-refractivity contribution in [3.05, 3.63) is 65.2 Å². The molecular weight excluding hydrogens is 248 g/mol. The van der Waals surface area contributed by atoms with Crippen molar-refractivity contribution in [2.24, 2.45) is 5.92 Å². The van der Waals surface area contributed by atoms with Gasteiger partial charge in [-0.2, -0.15) is 0 Å². The minimum atomic E-state index is 0.417. The van der Waals surface area contributed by atoms with Crippen LogP contribution in [0.15, 0.2) is 48.5 Å². The molecule has 0 radical (unpaired) electrons. The second kappa shape index (κ2) is 6.90. The molecule has 2 rings (SSSR count). The van der Waals surface area contributed by atoms with Gasteiger partial charge >= 0.3 is 0 Å². The number of rotatable bonds is 6. The fraction of sp³-hybridized carbons (Fsp3) is 0.278. The van der Waals surface area contributed by atoms with Gasteiger partial charge in [-0.15, -0.1) is 0 Å². The molecule has 0 aliphatic rings. The number of carbonyl (C=O) groups excluding carboxylic acids is 1. The van der Waals surface area contributed by atoms with Crippen molar-refractivity contribution in [3.8, 4) is 5.75 Å². The van der Waals surface area contributed by atoms with Crippen molar-refractivity contribution in [2.75, 3.05) is 0 Å². The fourth-order valence-corrected chi connectivity index (χ4v) is 2.18. The molecule has 2 aromatic carbocycles. The summed E-state index contributed by atoms with van der Waals surface area (Å²) >= 11 is 0. The molecule has 0 aliphatic carbocycles. The van der Waals surface area contributed by atoms with Crippen LogP contribution in [0.25, 0.3) is 0 Å². The van der Waals surface area contributed by atoms with Gasteiger partial charge in [0, 0.05) is 5.56 Å². The summed E-state index contributed by atoms with van der Waals surface area (Å²) < 4.78 is 5.80. The summed E-state index contributed by atoms with van der Waals surface area (Å²) in [6.45, 7) is 4.82. The van der Waals surface area contributed by atoms with Crippen LogP contribution in [0.2, 0.25) is 0 Å². The standard InChI is InChI=1S/C18H20O2/c1-14(2)10-15-6-5-9-18(11-15)20-13-17-8-4-3-7-16(17)12-19/h3-9,11-12,14H,10,13H2,1-2H3. The predicted octanol–water partition coefficient (Wildman–Crippen LogP) is 4.28. The van der Waals surface area contributed by atoms with Crippen molar-refractivity contribution in [1.29, 1.82) is 0 Å². The van der Waals surface area contributed by atoms with E-state index in [1.165, 1.54) is 5.56 Å². The van der Waals surface area contributed by atoms with Crippen molar-refractivity contribution < 1.29 is 9.53 Å². The van der Waals surface area contributed by atoms with Crippen molar-refractivity contribution in [2.45, 2.75) is 26.9 Å². The molecular formula is C18H20O2. The lowest BCUT2D eigenvalue weighted by molar-refractivity contribution is 0.112. The maximum Gasteiger partial charge on any atom is 0.150 e. The first-order chi connectivity index (χ1) is 9.69. The van der Waals surface area contributed by atoms with Crippen molar-refractivity contribution in [1.82, 2.24) is 0 Å². The Balaban J connectivity index is 2.05. The monoisotopic (exact) mass is 268 g/mol. The highest BCUT2D eigenvalue weighted by molar-refractivity contribution is 5.77. The largest absolute Gasteiger partial charge is 0.489 e. The van der Waals surface area contributed by atoms with E-state index in [1.807, 2.05) is 30.3 Å². The summed E-state index contributed by atoms with van der Waals surface area (Å²) in [6.07, 6.45) is 1.91. The average molecular weight is 268 g/mol. The van der Waals surface area contributed by atoms with Gasteiger partial charge in [0.2, 0.25) is 0 Å². The number of aldehydes is 1. The topological polar surface area (TPSA) is 26.3 Å². The molecule has 0 N–H and O–H groups in total. The summed E-state index contributed by atoms with van der Waals surface area (Å²) in [4.78, 5) is 11.0. The van der Waals surface area contributed by atoms with E-state index in [9.17, 15) is 4.79 Å². The molecule has 0 unspecified atom stereocenters. The lowest BCUT2D eigenvalue weighted by Crippen LogP contribution is -2.00.